The smallest absolute Gasteiger partial charge is 0.352 e. The Morgan fingerprint density at radius 3 is 1.06 bits per heavy atom. The van der Waals surface area contributed by atoms with Gasteiger partial charge in [0.25, 0.3) is 11.6 Å². The van der Waals surface area contributed by atoms with Crippen LogP contribution in [0.25, 0.3) is 0 Å². The Hall–Kier alpha value is -3.04. The van der Waals surface area contributed by atoms with E-state index in [1.54, 1.807) is 0 Å². The van der Waals surface area contributed by atoms with Crippen LogP contribution in [0.3, 0.4) is 0 Å². The molecule has 2 rings (SSSR count). The number of rotatable bonds is 10. The number of aliphatic hydroxyl groups is 2. The number of carbonyl (C=O) groups is 4. The number of aliphatic hydroxyl groups excluding tert-OH is 2. The first-order chi connectivity index (χ1) is 15.3. The molecular weight excluding hydrogens is 436 g/mol. The van der Waals surface area contributed by atoms with E-state index in [9.17, 15) is 29.4 Å². The fraction of sp³-hybridized carbons (Fsp3) is 0.652. The van der Waals surface area contributed by atoms with E-state index in [1.807, 2.05) is 0 Å². The number of carbonyl (C=O) groups excluding carboxylic acids is 4. The van der Waals surface area contributed by atoms with E-state index in [0.717, 1.165) is 32.1 Å². The molecule has 0 aromatic carbocycles. The standard InChI is InChI=1S/C23H32O10/c1-22(2)30-18(26)16(19(27)31-22)14(24)12-10-8-6-5-7-9-11-13-15(25)17-20(28)32-23(3,4)33-21(17)29/h24-25H,5-13H2,1-4H3. The molecule has 10 nitrogen and oxygen atoms in total. The van der Waals surface area contributed by atoms with Gasteiger partial charge in [-0.15, -0.1) is 0 Å². The number of unbranched alkanes of at least 4 members (excludes halogenated alkanes) is 6. The Morgan fingerprint density at radius 1 is 0.545 bits per heavy atom. The number of allylic oxidation sites excluding steroid dienone is 2. The maximum Gasteiger partial charge on any atom is 0.352 e. The summed E-state index contributed by atoms with van der Waals surface area (Å²) in [5.41, 5.74) is -0.893. The summed E-state index contributed by atoms with van der Waals surface area (Å²) in [5, 5.41) is 20.1. The van der Waals surface area contributed by atoms with Crippen LogP contribution >= 0.6 is 0 Å². The molecule has 0 aromatic rings. The fourth-order valence-corrected chi connectivity index (χ4v) is 3.50. The Kier molecular flexibility index (Phi) is 8.51. The molecule has 184 valence electrons. The lowest BCUT2D eigenvalue weighted by atomic mass is 10.0. The summed E-state index contributed by atoms with van der Waals surface area (Å²) < 4.78 is 19.9. The molecule has 33 heavy (non-hydrogen) atoms. The molecule has 0 saturated carbocycles. The van der Waals surface area contributed by atoms with Crippen molar-refractivity contribution in [3.05, 3.63) is 22.7 Å². The molecule has 0 unspecified atom stereocenters. The number of esters is 4. The molecule has 2 heterocycles. The largest absolute Gasteiger partial charge is 0.511 e. The molecule has 0 radical (unpaired) electrons. The highest BCUT2D eigenvalue weighted by atomic mass is 16.7. The summed E-state index contributed by atoms with van der Waals surface area (Å²) in [6, 6.07) is 0. The summed E-state index contributed by atoms with van der Waals surface area (Å²) in [7, 11) is 0. The van der Waals surface area contributed by atoms with E-state index in [2.05, 4.69) is 0 Å². The zero-order chi connectivity index (χ0) is 24.8. The Morgan fingerprint density at radius 2 is 0.788 bits per heavy atom. The van der Waals surface area contributed by atoms with Crippen molar-refractivity contribution in [3.8, 4) is 0 Å². The van der Waals surface area contributed by atoms with Gasteiger partial charge in [-0.1, -0.05) is 32.1 Å². The van der Waals surface area contributed by atoms with Crippen LogP contribution in [0, 0.1) is 0 Å². The van der Waals surface area contributed by atoms with Crippen LogP contribution in [0.4, 0.5) is 0 Å². The lowest BCUT2D eigenvalue weighted by molar-refractivity contribution is -0.224. The van der Waals surface area contributed by atoms with Gasteiger partial charge < -0.3 is 29.2 Å². The zero-order valence-corrected chi connectivity index (χ0v) is 19.5. The van der Waals surface area contributed by atoms with Crippen LogP contribution in [0.15, 0.2) is 22.7 Å². The second kappa shape index (κ2) is 10.7. The van der Waals surface area contributed by atoms with E-state index in [1.165, 1.54) is 27.7 Å². The third-order valence-corrected chi connectivity index (χ3v) is 5.07. The topological polar surface area (TPSA) is 146 Å². The summed E-state index contributed by atoms with van der Waals surface area (Å²) in [6.07, 6.45) is 5.77. The second-order valence-corrected chi connectivity index (χ2v) is 8.98. The highest BCUT2D eigenvalue weighted by Crippen LogP contribution is 2.27. The minimum atomic E-state index is -1.34. The summed E-state index contributed by atoms with van der Waals surface area (Å²) >= 11 is 0. The molecular formula is C23H32O10. The lowest BCUT2D eigenvalue weighted by Crippen LogP contribution is -2.42. The molecule has 0 spiro atoms. The zero-order valence-electron chi connectivity index (χ0n) is 19.5. The molecule has 2 saturated heterocycles. The van der Waals surface area contributed by atoms with E-state index < -0.39 is 46.6 Å². The van der Waals surface area contributed by atoms with Gasteiger partial charge in [-0.3, -0.25) is 0 Å². The average molecular weight is 468 g/mol. The predicted molar refractivity (Wildman–Crippen MR) is 113 cm³/mol. The van der Waals surface area contributed by atoms with Gasteiger partial charge in [0.2, 0.25) is 0 Å². The number of hydrogen-bond donors (Lipinski definition) is 2. The highest BCUT2D eigenvalue weighted by Gasteiger charge is 2.42. The SMILES string of the molecule is CC1(C)OC(=O)C(=C(O)CCCCCCCCCC(O)=C2C(=O)OC(C)(C)OC2=O)C(=O)O1. The molecule has 2 N–H and O–H groups in total. The molecule has 0 aliphatic carbocycles. The Labute approximate surface area is 192 Å². The summed E-state index contributed by atoms with van der Waals surface area (Å²) in [5.74, 6) is -6.87. The van der Waals surface area contributed by atoms with Gasteiger partial charge in [-0.05, 0) is 12.8 Å². The molecule has 2 aliphatic rings. The van der Waals surface area contributed by atoms with Gasteiger partial charge in [0.1, 0.15) is 11.5 Å². The van der Waals surface area contributed by atoms with Gasteiger partial charge in [-0.25, -0.2) is 19.2 Å². The number of cyclic esters (lactones) is 4. The van der Waals surface area contributed by atoms with Crippen molar-refractivity contribution in [2.24, 2.45) is 0 Å². The van der Waals surface area contributed by atoms with E-state index in [-0.39, 0.29) is 24.4 Å². The second-order valence-electron chi connectivity index (χ2n) is 8.98. The molecule has 2 aliphatic heterocycles. The molecule has 0 bridgehead atoms. The maximum atomic E-state index is 11.9. The van der Waals surface area contributed by atoms with Crippen LogP contribution in [0.2, 0.25) is 0 Å². The van der Waals surface area contributed by atoms with Crippen molar-refractivity contribution in [1.82, 2.24) is 0 Å². The van der Waals surface area contributed by atoms with Crippen LogP contribution < -0.4 is 0 Å². The van der Waals surface area contributed by atoms with Crippen molar-refractivity contribution < 1.29 is 48.3 Å². The van der Waals surface area contributed by atoms with E-state index in [0.29, 0.717) is 12.8 Å². The van der Waals surface area contributed by atoms with E-state index in [4.69, 9.17) is 18.9 Å². The quantitative estimate of drug-likeness (QED) is 0.160. The minimum absolute atomic E-state index is 0.171. The third kappa shape index (κ3) is 7.50. The highest BCUT2D eigenvalue weighted by molar-refractivity contribution is 6.16. The lowest BCUT2D eigenvalue weighted by Gasteiger charge is -2.30. The molecule has 0 aromatic heterocycles. The van der Waals surface area contributed by atoms with Crippen molar-refractivity contribution in [3.63, 3.8) is 0 Å². The first-order valence-electron chi connectivity index (χ1n) is 11.1. The average Bonchev–Trinajstić information content (AvgIpc) is 2.63. The van der Waals surface area contributed by atoms with Crippen LogP contribution in [0.1, 0.15) is 85.5 Å². The normalized spacial score (nSPS) is 19.4. The molecule has 0 amide bonds. The summed E-state index contributed by atoms with van der Waals surface area (Å²) in [4.78, 5) is 47.6. The van der Waals surface area contributed by atoms with Crippen molar-refractivity contribution in [2.45, 2.75) is 97.1 Å². The molecule has 10 heteroatoms. The van der Waals surface area contributed by atoms with Crippen molar-refractivity contribution in [1.29, 1.82) is 0 Å². The summed E-state index contributed by atoms with van der Waals surface area (Å²) in [6.45, 7) is 5.75. The predicted octanol–water partition coefficient (Wildman–Crippen LogP) is 3.79. The first-order valence-corrected chi connectivity index (χ1v) is 11.1. The van der Waals surface area contributed by atoms with E-state index >= 15 is 0 Å². The number of ether oxygens (including phenoxy) is 4. The van der Waals surface area contributed by atoms with Crippen LogP contribution in [-0.2, 0) is 38.1 Å². The molecule has 0 atom stereocenters. The van der Waals surface area contributed by atoms with Gasteiger partial charge in [0, 0.05) is 40.5 Å². The monoisotopic (exact) mass is 468 g/mol. The van der Waals surface area contributed by atoms with Gasteiger partial charge in [0.15, 0.2) is 11.1 Å². The Balaban J connectivity index is 1.63. The van der Waals surface area contributed by atoms with Gasteiger partial charge in [-0.2, -0.15) is 0 Å². The fourth-order valence-electron chi connectivity index (χ4n) is 3.50. The van der Waals surface area contributed by atoms with Crippen molar-refractivity contribution >= 4 is 23.9 Å². The first kappa shape index (κ1) is 26.2. The van der Waals surface area contributed by atoms with Crippen LogP contribution in [-0.4, -0.2) is 45.7 Å². The minimum Gasteiger partial charge on any atom is -0.511 e. The maximum absolute atomic E-state index is 11.9. The Bertz CT molecular complexity index is 748. The van der Waals surface area contributed by atoms with Gasteiger partial charge in [0.05, 0.1) is 0 Å². The van der Waals surface area contributed by atoms with Crippen LogP contribution in [0.5, 0.6) is 0 Å². The molecule has 2 fully saturated rings. The third-order valence-electron chi connectivity index (χ3n) is 5.07. The van der Waals surface area contributed by atoms with Crippen molar-refractivity contribution in [2.75, 3.05) is 0 Å². The van der Waals surface area contributed by atoms with Gasteiger partial charge >= 0.3 is 23.9 Å². The number of hydrogen-bond acceptors (Lipinski definition) is 10.